The molecule has 1 atom stereocenters. The number of hydrogen-bond acceptors (Lipinski definition) is 8. The van der Waals surface area contributed by atoms with E-state index in [4.69, 9.17) is 51.3 Å². The molecule has 0 amide bonds. The van der Waals surface area contributed by atoms with Crippen LogP contribution < -0.4 is 22.3 Å². The highest BCUT2D eigenvalue weighted by Crippen LogP contribution is 2.44. The van der Waals surface area contributed by atoms with E-state index in [1.807, 2.05) is 0 Å². The number of fused-ring (bicyclic) bond motifs is 1. The zero-order valence-electron chi connectivity index (χ0n) is 16.3. The van der Waals surface area contributed by atoms with Gasteiger partial charge >= 0.3 is 0 Å². The lowest BCUT2D eigenvalue weighted by Gasteiger charge is -2.23. The number of hydrogen-bond donors (Lipinski definition) is 4. The minimum absolute atomic E-state index is 0.0313. The molecule has 32 heavy (non-hydrogen) atoms. The third-order valence-corrected chi connectivity index (χ3v) is 6.23. The molecular formula is C19H16Cl3N9O. The summed E-state index contributed by atoms with van der Waals surface area (Å²) >= 11 is 19.1. The van der Waals surface area contributed by atoms with Crippen molar-refractivity contribution >= 4 is 63.3 Å². The molecule has 1 saturated carbocycles. The van der Waals surface area contributed by atoms with Crippen LogP contribution in [0.4, 0.5) is 17.6 Å². The second-order valence-corrected chi connectivity index (χ2v) is 8.59. The molecule has 0 radical (unpaired) electrons. The third-order valence-electron chi connectivity index (χ3n) is 5.24. The van der Waals surface area contributed by atoms with Crippen molar-refractivity contribution in [3.05, 3.63) is 55.6 Å². The van der Waals surface area contributed by atoms with Gasteiger partial charge in [-0.25, -0.2) is 9.55 Å². The average molecular weight is 493 g/mol. The fourth-order valence-electron chi connectivity index (χ4n) is 3.60. The SMILES string of the molecule is Nc1nc(N)c(Cl)c(NC(c2nc3c(Cl)ccc(Cl)c3c(=O)n2-c2ccn[nH]2)C2CC2)n1. The summed E-state index contributed by atoms with van der Waals surface area (Å²) in [5.41, 5.74) is 11.5. The Labute approximate surface area is 195 Å². The molecule has 0 spiro atoms. The van der Waals surface area contributed by atoms with Gasteiger partial charge in [-0.3, -0.25) is 9.89 Å². The van der Waals surface area contributed by atoms with Crippen LogP contribution in [0.1, 0.15) is 24.7 Å². The molecule has 4 aromatic rings. The van der Waals surface area contributed by atoms with Gasteiger partial charge in [0.2, 0.25) is 5.95 Å². The Balaban J connectivity index is 1.77. The topological polar surface area (TPSA) is 153 Å². The van der Waals surface area contributed by atoms with E-state index < -0.39 is 6.04 Å². The monoisotopic (exact) mass is 491 g/mol. The minimum Gasteiger partial charge on any atom is -0.382 e. The summed E-state index contributed by atoms with van der Waals surface area (Å²) in [4.78, 5) is 26.4. The Morgan fingerprint density at radius 3 is 2.53 bits per heavy atom. The maximum absolute atomic E-state index is 13.6. The van der Waals surface area contributed by atoms with Crippen molar-refractivity contribution in [2.24, 2.45) is 5.92 Å². The van der Waals surface area contributed by atoms with Gasteiger partial charge in [-0.2, -0.15) is 15.1 Å². The lowest BCUT2D eigenvalue weighted by atomic mass is 10.1. The zero-order chi connectivity index (χ0) is 22.6. The summed E-state index contributed by atoms with van der Waals surface area (Å²) in [7, 11) is 0. The van der Waals surface area contributed by atoms with Crippen LogP contribution in [0.15, 0.2) is 29.2 Å². The van der Waals surface area contributed by atoms with Gasteiger partial charge in [-0.15, -0.1) is 0 Å². The first-order chi connectivity index (χ1) is 15.3. The van der Waals surface area contributed by atoms with Crippen LogP contribution in [0.5, 0.6) is 0 Å². The molecule has 0 aliphatic heterocycles. The Morgan fingerprint density at radius 1 is 1.09 bits per heavy atom. The molecule has 1 aliphatic rings. The van der Waals surface area contributed by atoms with Crippen LogP contribution in [0.2, 0.25) is 15.1 Å². The van der Waals surface area contributed by atoms with E-state index in [9.17, 15) is 4.79 Å². The predicted molar refractivity (Wildman–Crippen MR) is 124 cm³/mol. The molecule has 3 heterocycles. The van der Waals surface area contributed by atoms with Gasteiger partial charge in [0.25, 0.3) is 5.56 Å². The molecule has 5 rings (SSSR count). The predicted octanol–water partition coefficient (Wildman–Crippen LogP) is 3.59. The molecule has 1 unspecified atom stereocenters. The standard InChI is InChI=1S/C19H16Cl3N9O/c20-8-3-4-9(21)14-11(8)18(32)31(10-5-6-25-30-10)17(27-14)13(7-1-2-7)26-16-12(22)15(23)28-19(24)29-16/h3-7,13H,1-2H2,(H,25,30)(H5,23,24,26,28,29). The average Bonchev–Trinajstić information content (AvgIpc) is 3.45. The smallest absolute Gasteiger partial charge is 0.268 e. The molecule has 6 N–H and O–H groups in total. The van der Waals surface area contributed by atoms with E-state index in [1.165, 1.54) is 10.8 Å². The third kappa shape index (κ3) is 3.50. The number of aromatic amines is 1. The van der Waals surface area contributed by atoms with E-state index in [0.29, 0.717) is 22.2 Å². The number of H-pyrrole nitrogens is 1. The Hall–Kier alpha value is -3.08. The first-order valence-corrected chi connectivity index (χ1v) is 10.7. The van der Waals surface area contributed by atoms with E-state index in [2.05, 4.69) is 25.5 Å². The first kappa shape index (κ1) is 20.8. The maximum atomic E-state index is 13.6. The second kappa shape index (κ2) is 7.80. The highest BCUT2D eigenvalue weighted by molar-refractivity contribution is 6.39. The van der Waals surface area contributed by atoms with Gasteiger partial charge in [0.15, 0.2) is 5.82 Å². The van der Waals surface area contributed by atoms with Crippen molar-refractivity contribution in [1.82, 2.24) is 29.7 Å². The number of anilines is 3. The lowest BCUT2D eigenvalue weighted by molar-refractivity contribution is 0.605. The van der Waals surface area contributed by atoms with Crippen molar-refractivity contribution in [2.45, 2.75) is 18.9 Å². The quantitative estimate of drug-likeness (QED) is 0.329. The van der Waals surface area contributed by atoms with Crippen LogP contribution in [-0.2, 0) is 0 Å². The van der Waals surface area contributed by atoms with Crippen LogP contribution >= 0.6 is 34.8 Å². The summed E-state index contributed by atoms with van der Waals surface area (Å²) in [5.74, 6) is 1.23. The van der Waals surface area contributed by atoms with Crippen LogP contribution in [0.3, 0.4) is 0 Å². The van der Waals surface area contributed by atoms with Gasteiger partial charge in [-0.1, -0.05) is 34.8 Å². The molecule has 1 aliphatic carbocycles. The minimum atomic E-state index is -0.461. The number of nitrogens with two attached hydrogens (primary N) is 2. The highest BCUT2D eigenvalue weighted by Gasteiger charge is 2.37. The van der Waals surface area contributed by atoms with Crippen LogP contribution in [0, 0.1) is 5.92 Å². The largest absolute Gasteiger partial charge is 0.382 e. The fraction of sp³-hybridized carbons (Fsp3) is 0.211. The number of nitrogen functional groups attached to an aromatic ring is 2. The van der Waals surface area contributed by atoms with E-state index in [0.717, 1.165) is 12.8 Å². The van der Waals surface area contributed by atoms with Crippen molar-refractivity contribution < 1.29 is 0 Å². The Bertz CT molecular complexity index is 1400. The normalized spacial score (nSPS) is 14.6. The van der Waals surface area contributed by atoms with Gasteiger partial charge in [-0.05, 0) is 30.9 Å². The van der Waals surface area contributed by atoms with Crippen LogP contribution in [0.25, 0.3) is 16.7 Å². The molecule has 0 saturated heterocycles. The number of aromatic nitrogens is 6. The van der Waals surface area contributed by atoms with Crippen molar-refractivity contribution in [3.63, 3.8) is 0 Å². The van der Waals surface area contributed by atoms with Crippen LogP contribution in [-0.4, -0.2) is 29.7 Å². The van der Waals surface area contributed by atoms with Crippen molar-refractivity contribution in [3.8, 4) is 5.82 Å². The Kier molecular flexibility index (Phi) is 5.07. The van der Waals surface area contributed by atoms with E-state index >= 15 is 0 Å². The number of rotatable bonds is 5. The summed E-state index contributed by atoms with van der Waals surface area (Å²) in [6.07, 6.45) is 3.36. The highest BCUT2D eigenvalue weighted by atomic mass is 35.5. The second-order valence-electron chi connectivity index (χ2n) is 7.39. The van der Waals surface area contributed by atoms with Gasteiger partial charge in [0.05, 0.1) is 33.2 Å². The summed E-state index contributed by atoms with van der Waals surface area (Å²) in [6, 6.07) is 4.37. The van der Waals surface area contributed by atoms with Crippen molar-refractivity contribution in [2.75, 3.05) is 16.8 Å². The number of benzene rings is 1. The van der Waals surface area contributed by atoms with E-state index in [-0.39, 0.29) is 44.5 Å². The van der Waals surface area contributed by atoms with Gasteiger partial charge in [0.1, 0.15) is 22.5 Å². The number of nitrogens with zero attached hydrogens (tertiary/aromatic N) is 5. The van der Waals surface area contributed by atoms with Gasteiger partial charge in [0, 0.05) is 6.07 Å². The summed E-state index contributed by atoms with van der Waals surface area (Å²) in [5, 5.41) is 10.9. The molecule has 3 aromatic heterocycles. The molecule has 1 fully saturated rings. The summed E-state index contributed by atoms with van der Waals surface area (Å²) < 4.78 is 1.43. The number of halogens is 3. The zero-order valence-corrected chi connectivity index (χ0v) is 18.6. The molecule has 1 aromatic carbocycles. The van der Waals surface area contributed by atoms with Gasteiger partial charge < -0.3 is 16.8 Å². The molecule has 10 nitrogen and oxygen atoms in total. The molecule has 0 bridgehead atoms. The maximum Gasteiger partial charge on any atom is 0.268 e. The lowest BCUT2D eigenvalue weighted by Crippen LogP contribution is -2.30. The fourth-order valence-corrected chi connectivity index (χ4v) is 4.17. The first-order valence-electron chi connectivity index (χ1n) is 9.60. The van der Waals surface area contributed by atoms with Crippen molar-refractivity contribution in [1.29, 1.82) is 0 Å². The molecule has 164 valence electrons. The number of nitrogens with one attached hydrogen (secondary N) is 2. The Morgan fingerprint density at radius 2 is 1.84 bits per heavy atom. The summed E-state index contributed by atoms with van der Waals surface area (Å²) in [6.45, 7) is 0. The van der Waals surface area contributed by atoms with E-state index in [1.54, 1.807) is 18.2 Å². The molecule has 13 heteroatoms. The molecular weight excluding hydrogens is 477 g/mol.